The van der Waals surface area contributed by atoms with Crippen molar-refractivity contribution in [2.45, 2.75) is 33.6 Å². The Balaban J connectivity index is 2.12. The highest BCUT2D eigenvalue weighted by Gasteiger charge is 2.24. The van der Waals surface area contributed by atoms with Crippen LogP contribution in [0.15, 0.2) is 24.3 Å². The summed E-state index contributed by atoms with van der Waals surface area (Å²) in [7, 11) is 0. The summed E-state index contributed by atoms with van der Waals surface area (Å²) < 4.78 is 0. The molecule has 0 radical (unpaired) electrons. The van der Waals surface area contributed by atoms with Crippen LogP contribution in [0.5, 0.6) is 0 Å². The number of anilines is 1. The van der Waals surface area contributed by atoms with E-state index in [0.717, 1.165) is 19.5 Å². The van der Waals surface area contributed by atoms with E-state index in [0.29, 0.717) is 5.92 Å². The predicted octanol–water partition coefficient (Wildman–Crippen LogP) is 3.63. The molecule has 1 atom stereocenters. The molecule has 1 aromatic carbocycles. The van der Waals surface area contributed by atoms with E-state index in [4.69, 9.17) is 5.26 Å². The number of hydrogen-bond acceptors (Lipinski definition) is 2. The minimum atomic E-state index is -0.227. The van der Waals surface area contributed by atoms with Crippen LogP contribution in [0.25, 0.3) is 0 Å². The summed E-state index contributed by atoms with van der Waals surface area (Å²) in [5.41, 5.74) is 2.59. The van der Waals surface area contributed by atoms with Gasteiger partial charge in [-0.3, -0.25) is 0 Å². The summed E-state index contributed by atoms with van der Waals surface area (Å²) in [5, 5.41) is 9.10. The summed E-state index contributed by atoms with van der Waals surface area (Å²) in [6, 6.07) is 11.1. The molecule has 0 saturated carbocycles. The monoisotopic (exact) mass is 242 g/mol. The molecule has 2 heteroatoms. The molecule has 0 aromatic heterocycles. The van der Waals surface area contributed by atoms with Gasteiger partial charge in [-0.05, 0) is 44.2 Å². The topological polar surface area (TPSA) is 27.0 Å². The molecule has 0 bridgehead atoms. The van der Waals surface area contributed by atoms with Gasteiger partial charge in [-0.25, -0.2) is 0 Å². The third-order valence-corrected chi connectivity index (χ3v) is 3.74. The molecule has 0 N–H and O–H groups in total. The fourth-order valence-corrected chi connectivity index (χ4v) is 2.59. The Hall–Kier alpha value is -1.49. The van der Waals surface area contributed by atoms with Gasteiger partial charge in [-0.2, -0.15) is 5.26 Å². The molecule has 18 heavy (non-hydrogen) atoms. The molecule has 0 spiro atoms. The molecule has 2 nitrogen and oxygen atoms in total. The Kier molecular flexibility index (Phi) is 3.61. The highest BCUT2D eigenvalue weighted by Crippen LogP contribution is 2.30. The van der Waals surface area contributed by atoms with Gasteiger partial charge in [-0.1, -0.05) is 25.1 Å². The van der Waals surface area contributed by atoms with E-state index in [1.165, 1.54) is 17.7 Å². The number of hydrogen-bond donors (Lipinski definition) is 0. The number of rotatable bonds is 3. The molecular formula is C16H22N2. The van der Waals surface area contributed by atoms with Gasteiger partial charge in [0.05, 0.1) is 11.5 Å². The molecule has 0 saturated heterocycles. The van der Waals surface area contributed by atoms with Crippen LogP contribution in [0.1, 0.15) is 32.8 Å². The number of benzene rings is 1. The zero-order valence-electron chi connectivity index (χ0n) is 11.6. The van der Waals surface area contributed by atoms with Crippen LogP contribution in [0, 0.1) is 22.7 Å². The molecule has 1 unspecified atom stereocenters. The van der Waals surface area contributed by atoms with Crippen LogP contribution in [0.2, 0.25) is 0 Å². The van der Waals surface area contributed by atoms with E-state index in [1.54, 1.807) is 0 Å². The summed E-state index contributed by atoms with van der Waals surface area (Å²) in [5.74, 6) is 0.699. The van der Waals surface area contributed by atoms with Crippen molar-refractivity contribution >= 4 is 5.69 Å². The third kappa shape index (κ3) is 2.85. The van der Waals surface area contributed by atoms with Gasteiger partial charge < -0.3 is 4.90 Å². The van der Waals surface area contributed by atoms with Gasteiger partial charge in [0.1, 0.15) is 0 Å². The van der Waals surface area contributed by atoms with E-state index in [2.05, 4.69) is 42.2 Å². The lowest BCUT2D eigenvalue weighted by Crippen LogP contribution is -2.36. The summed E-state index contributed by atoms with van der Waals surface area (Å²) in [6.07, 6.45) is 2.10. The van der Waals surface area contributed by atoms with E-state index in [1.807, 2.05) is 13.8 Å². The maximum absolute atomic E-state index is 9.10. The zero-order chi connectivity index (χ0) is 13.2. The second-order valence-corrected chi connectivity index (χ2v) is 6.13. The zero-order valence-corrected chi connectivity index (χ0v) is 11.6. The molecule has 96 valence electrons. The summed E-state index contributed by atoms with van der Waals surface area (Å²) in [4.78, 5) is 2.45. The first-order valence-electron chi connectivity index (χ1n) is 6.76. The van der Waals surface area contributed by atoms with E-state index < -0.39 is 0 Å². The van der Waals surface area contributed by atoms with E-state index >= 15 is 0 Å². The lowest BCUT2D eigenvalue weighted by Gasteiger charge is -2.36. The fraction of sp³-hybridized carbons (Fsp3) is 0.562. The van der Waals surface area contributed by atoms with Crippen molar-refractivity contribution < 1.29 is 0 Å². The molecule has 1 aliphatic heterocycles. The maximum atomic E-state index is 9.10. The average Bonchev–Trinajstić information content (AvgIpc) is 2.36. The Morgan fingerprint density at radius 2 is 2.11 bits per heavy atom. The summed E-state index contributed by atoms with van der Waals surface area (Å²) in [6.45, 7) is 8.43. The van der Waals surface area contributed by atoms with Crippen LogP contribution < -0.4 is 4.90 Å². The molecular weight excluding hydrogens is 220 g/mol. The van der Waals surface area contributed by atoms with Crippen LogP contribution in [0.3, 0.4) is 0 Å². The van der Waals surface area contributed by atoms with Crippen molar-refractivity contribution in [2.24, 2.45) is 11.3 Å². The number of nitriles is 1. The molecule has 1 heterocycles. The standard InChI is InChI=1S/C16H22N2/c1-13-10-14-6-4-5-7-15(14)18(11-13)9-8-16(2,3)12-17/h4-7,13H,8-11H2,1-3H3. The van der Waals surface area contributed by atoms with Gasteiger partial charge in [0.15, 0.2) is 0 Å². The minimum absolute atomic E-state index is 0.227. The molecule has 0 fully saturated rings. The lowest BCUT2D eigenvalue weighted by atomic mass is 9.89. The fourth-order valence-electron chi connectivity index (χ4n) is 2.59. The van der Waals surface area contributed by atoms with Crippen molar-refractivity contribution in [2.75, 3.05) is 18.0 Å². The number of para-hydroxylation sites is 1. The Morgan fingerprint density at radius 1 is 1.39 bits per heavy atom. The van der Waals surface area contributed by atoms with Crippen molar-refractivity contribution in [1.29, 1.82) is 5.26 Å². The van der Waals surface area contributed by atoms with E-state index in [9.17, 15) is 0 Å². The van der Waals surface area contributed by atoms with Crippen LogP contribution in [-0.2, 0) is 6.42 Å². The first-order valence-corrected chi connectivity index (χ1v) is 6.76. The Bertz CT molecular complexity index is 456. The molecule has 2 rings (SSSR count). The van der Waals surface area contributed by atoms with Gasteiger partial charge in [0, 0.05) is 18.8 Å². The Labute approximate surface area is 110 Å². The quantitative estimate of drug-likeness (QED) is 0.809. The van der Waals surface area contributed by atoms with Crippen molar-refractivity contribution in [3.8, 4) is 6.07 Å². The van der Waals surface area contributed by atoms with Crippen molar-refractivity contribution in [3.63, 3.8) is 0 Å². The van der Waals surface area contributed by atoms with Gasteiger partial charge >= 0.3 is 0 Å². The van der Waals surface area contributed by atoms with E-state index in [-0.39, 0.29) is 5.41 Å². The molecule has 0 aliphatic carbocycles. The highest BCUT2D eigenvalue weighted by molar-refractivity contribution is 5.55. The highest BCUT2D eigenvalue weighted by atomic mass is 15.1. The SMILES string of the molecule is CC1Cc2ccccc2N(CCC(C)(C)C#N)C1. The van der Waals surface area contributed by atoms with Crippen LogP contribution in [-0.4, -0.2) is 13.1 Å². The second kappa shape index (κ2) is 5.02. The van der Waals surface area contributed by atoms with Gasteiger partial charge in [-0.15, -0.1) is 0 Å². The average molecular weight is 242 g/mol. The first-order chi connectivity index (χ1) is 8.52. The van der Waals surface area contributed by atoms with Gasteiger partial charge in [0.25, 0.3) is 0 Å². The molecule has 1 aromatic rings. The maximum Gasteiger partial charge on any atom is 0.0684 e. The second-order valence-electron chi connectivity index (χ2n) is 6.13. The van der Waals surface area contributed by atoms with Crippen LogP contribution >= 0.6 is 0 Å². The van der Waals surface area contributed by atoms with Crippen molar-refractivity contribution in [1.82, 2.24) is 0 Å². The smallest absolute Gasteiger partial charge is 0.0684 e. The largest absolute Gasteiger partial charge is 0.371 e. The molecule has 1 aliphatic rings. The van der Waals surface area contributed by atoms with Gasteiger partial charge in [0.2, 0.25) is 0 Å². The summed E-state index contributed by atoms with van der Waals surface area (Å²) >= 11 is 0. The number of fused-ring (bicyclic) bond motifs is 1. The normalized spacial score (nSPS) is 19.2. The number of nitrogens with zero attached hydrogens (tertiary/aromatic N) is 2. The van der Waals surface area contributed by atoms with Crippen molar-refractivity contribution in [3.05, 3.63) is 29.8 Å². The Morgan fingerprint density at radius 3 is 2.83 bits per heavy atom. The predicted molar refractivity (Wildman–Crippen MR) is 75.5 cm³/mol. The minimum Gasteiger partial charge on any atom is -0.371 e. The lowest BCUT2D eigenvalue weighted by molar-refractivity contribution is 0.433. The first kappa shape index (κ1) is 13.0. The molecule has 0 amide bonds. The van der Waals surface area contributed by atoms with Crippen LogP contribution in [0.4, 0.5) is 5.69 Å². The third-order valence-electron chi connectivity index (χ3n) is 3.74.